The number of piperidine rings is 1. The molecule has 1 saturated heterocycles. The molecule has 2 heterocycles. The predicted molar refractivity (Wildman–Crippen MR) is 145 cm³/mol. The first-order valence-electron chi connectivity index (χ1n) is 13.0. The molecule has 2 aromatic carbocycles. The molecule has 202 valence electrons. The molecule has 1 amide bonds. The summed E-state index contributed by atoms with van der Waals surface area (Å²) in [6.45, 7) is 8.27. The molecule has 0 spiro atoms. The lowest BCUT2D eigenvalue weighted by Crippen LogP contribution is -2.34. The second kappa shape index (κ2) is 12.5. The van der Waals surface area contributed by atoms with Crippen molar-refractivity contribution in [2.24, 2.45) is 5.92 Å². The number of aryl methyl sites for hydroxylation is 1. The maximum absolute atomic E-state index is 14.4. The topological polar surface area (TPSA) is 84.7 Å². The number of hydrogen-bond donors (Lipinski definition) is 1. The van der Waals surface area contributed by atoms with Crippen LogP contribution in [0, 0.1) is 18.7 Å². The third-order valence-corrected chi connectivity index (χ3v) is 7.17. The Morgan fingerprint density at radius 2 is 1.95 bits per heavy atom. The fraction of sp³-hybridized carbons (Fsp3) is 0.414. The quantitative estimate of drug-likeness (QED) is 0.247. The minimum Gasteiger partial charge on any atom is -0.462 e. The van der Waals surface area contributed by atoms with Gasteiger partial charge in [0, 0.05) is 18.2 Å². The number of esters is 1. The number of halogens is 2. The van der Waals surface area contributed by atoms with Crippen LogP contribution in [0.5, 0.6) is 0 Å². The van der Waals surface area contributed by atoms with Gasteiger partial charge in [-0.25, -0.2) is 9.18 Å². The minimum absolute atomic E-state index is 0.0177. The van der Waals surface area contributed by atoms with Crippen molar-refractivity contribution in [1.29, 1.82) is 0 Å². The lowest BCUT2D eigenvalue weighted by atomic mass is 9.89. The van der Waals surface area contributed by atoms with Crippen LogP contribution in [-0.2, 0) is 9.53 Å². The molecule has 0 radical (unpaired) electrons. The van der Waals surface area contributed by atoms with E-state index in [-0.39, 0.29) is 46.0 Å². The Morgan fingerprint density at radius 3 is 2.66 bits per heavy atom. The number of aromatic nitrogens is 1. The van der Waals surface area contributed by atoms with E-state index in [1.54, 1.807) is 6.92 Å². The molecule has 1 fully saturated rings. The normalized spacial score (nSPS) is 14.6. The number of carbonyl (C=O) groups excluding carboxylic acids is 2. The van der Waals surface area contributed by atoms with E-state index in [0.717, 1.165) is 38.2 Å². The summed E-state index contributed by atoms with van der Waals surface area (Å²) >= 11 is 6.15. The lowest BCUT2D eigenvalue weighted by molar-refractivity contribution is -0.118. The molecule has 3 aromatic rings. The van der Waals surface area contributed by atoms with Crippen LogP contribution in [0.1, 0.15) is 60.7 Å². The highest BCUT2D eigenvalue weighted by Crippen LogP contribution is 2.34. The fourth-order valence-corrected chi connectivity index (χ4v) is 4.93. The van der Waals surface area contributed by atoms with Gasteiger partial charge in [0.2, 0.25) is 5.91 Å². The third-order valence-electron chi connectivity index (χ3n) is 6.86. The van der Waals surface area contributed by atoms with Crippen LogP contribution in [-0.4, -0.2) is 48.2 Å². The maximum atomic E-state index is 14.4. The number of rotatable bonds is 9. The van der Waals surface area contributed by atoms with Gasteiger partial charge in [0.1, 0.15) is 22.8 Å². The number of nitrogens with zero attached hydrogens (tertiary/aromatic N) is 2. The Bertz CT molecular complexity index is 1260. The molecule has 1 aliphatic heterocycles. The first kappa shape index (κ1) is 27.8. The lowest BCUT2D eigenvalue weighted by Gasteiger charge is -2.32. The summed E-state index contributed by atoms with van der Waals surface area (Å²) in [5.41, 5.74) is 2.24. The molecule has 1 aliphatic rings. The van der Waals surface area contributed by atoms with Crippen molar-refractivity contribution in [3.63, 3.8) is 0 Å². The van der Waals surface area contributed by atoms with Crippen molar-refractivity contribution >= 4 is 29.2 Å². The zero-order valence-electron chi connectivity index (χ0n) is 21.9. The molecular weight excluding hydrogens is 509 g/mol. The zero-order valence-corrected chi connectivity index (χ0v) is 22.7. The Morgan fingerprint density at radius 1 is 1.21 bits per heavy atom. The number of nitrogens with one attached hydrogen (secondary N) is 1. The summed E-state index contributed by atoms with van der Waals surface area (Å²) < 4.78 is 25.0. The Labute approximate surface area is 227 Å². The van der Waals surface area contributed by atoms with Gasteiger partial charge in [-0.15, -0.1) is 0 Å². The van der Waals surface area contributed by atoms with Crippen molar-refractivity contribution in [2.75, 3.05) is 31.6 Å². The number of carbonyl (C=O) groups is 2. The molecule has 0 atom stereocenters. The highest BCUT2D eigenvalue weighted by Gasteiger charge is 2.27. The molecule has 4 rings (SSSR count). The summed E-state index contributed by atoms with van der Waals surface area (Å²) in [4.78, 5) is 27.2. The van der Waals surface area contributed by atoms with Gasteiger partial charge in [0.25, 0.3) is 0 Å². The van der Waals surface area contributed by atoms with Gasteiger partial charge in [0.05, 0.1) is 17.2 Å². The molecule has 0 bridgehead atoms. The molecule has 0 unspecified atom stereocenters. The Hall–Kier alpha value is -3.23. The number of benzene rings is 2. The molecule has 0 aliphatic carbocycles. The monoisotopic (exact) mass is 541 g/mol. The van der Waals surface area contributed by atoms with Crippen LogP contribution in [0.2, 0.25) is 5.02 Å². The van der Waals surface area contributed by atoms with Gasteiger partial charge in [0.15, 0.2) is 0 Å². The molecule has 7 nitrogen and oxygen atoms in total. The van der Waals surface area contributed by atoms with Crippen molar-refractivity contribution < 1.29 is 23.2 Å². The van der Waals surface area contributed by atoms with Gasteiger partial charge >= 0.3 is 5.97 Å². The number of ether oxygens (including phenoxy) is 1. The van der Waals surface area contributed by atoms with Gasteiger partial charge in [-0.1, -0.05) is 48.8 Å². The van der Waals surface area contributed by atoms with Crippen LogP contribution < -0.4 is 5.32 Å². The number of hydrogen-bond acceptors (Lipinski definition) is 6. The molecule has 1 N–H and O–H groups in total. The standard InChI is InChI=1S/C29H33ClFN3O4/c1-18(2)28(35)32-22-8-4-7-21(17-22)20-11-14-34(15-12-20)13-6-16-37-29(36)25-19(3)38-33-27(25)26-23(30)9-5-10-24(26)31/h4-5,7-10,17-18,20H,6,11-16H2,1-3H3,(H,32,35). The Balaban J connectivity index is 1.25. The summed E-state index contributed by atoms with van der Waals surface area (Å²) in [7, 11) is 0. The second-order valence-corrected chi connectivity index (χ2v) is 10.3. The van der Waals surface area contributed by atoms with Crippen molar-refractivity contribution in [3.05, 3.63) is 70.2 Å². The molecular formula is C29H33ClFN3O4. The molecule has 1 aromatic heterocycles. The second-order valence-electron chi connectivity index (χ2n) is 9.93. The van der Waals surface area contributed by atoms with Gasteiger partial charge in [-0.2, -0.15) is 0 Å². The van der Waals surface area contributed by atoms with Crippen LogP contribution in [0.3, 0.4) is 0 Å². The third kappa shape index (κ3) is 6.60. The Kier molecular flexibility index (Phi) is 9.17. The number of anilines is 1. The fourth-order valence-electron chi connectivity index (χ4n) is 4.68. The molecule has 38 heavy (non-hydrogen) atoms. The highest BCUT2D eigenvalue weighted by atomic mass is 35.5. The largest absolute Gasteiger partial charge is 0.462 e. The number of amides is 1. The minimum atomic E-state index is -0.610. The van der Waals surface area contributed by atoms with Crippen molar-refractivity contribution in [3.8, 4) is 11.3 Å². The first-order chi connectivity index (χ1) is 18.2. The summed E-state index contributed by atoms with van der Waals surface area (Å²) in [5.74, 6) is -0.547. The van der Waals surface area contributed by atoms with Crippen molar-refractivity contribution in [2.45, 2.75) is 46.0 Å². The van der Waals surface area contributed by atoms with Gasteiger partial charge in [-0.3, -0.25) is 4.79 Å². The van der Waals surface area contributed by atoms with Crippen LogP contribution in [0.15, 0.2) is 47.0 Å². The molecule has 0 saturated carbocycles. The van der Waals surface area contributed by atoms with Crippen molar-refractivity contribution in [1.82, 2.24) is 10.1 Å². The van der Waals surface area contributed by atoms with E-state index in [9.17, 15) is 14.0 Å². The van der Waals surface area contributed by atoms with Crippen LogP contribution in [0.4, 0.5) is 10.1 Å². The first-order valence-corrected chi connectivity index (χ1v) is 13.3. The highest BCUT2D eigenvalue weighted by molar-refractivity contribution is 6.33. The van der Waals surface area contributed by atoms with E-state index < -0.39 is 11.8 Å². The van der Waals surface area contributed by atoms with Gasteiger partial charge in [-0.05, 0) is 75.0 Å². The average molecular weight is 542 g/mol. The van der Waals surface area contributed by atoms with E-state index in [1.165, 1.54) is 23.8 Å². The smallest absolute Gasteiger partial charge is 0.344 e. The maximum Gasteiger partial charge on any atom is 0.344 e. The number of likely N-dealkylation sites (tertiary alicyclic amines) is 1. The summed E-state index contributed by atoms with van der Waals surface area (Å²) in [5, 5.41) is 6.98. The zero-order chi connectivity index (χ0) is 27.2. The van der Waals surface area contributed by atoms with E-state index >= 15 is 0 Å². The van der Waals surface area contributed by atoms with E-state index in [0.29, 0.717) is 12.3 Å². The summed E-state index contributed by atoms with van der Waals surface area (Å²) in [6, 6.07) is 12.4. The summed E-state index contributed by atoms with van der Waals surface area (Å²) in [6.07, 6.45) is 2.72. The van der Waals surface area contributed by atoms with Crippen LogP contribution >= 0.6 is 11.6 Å². The van der Waals surface area contributed by atoms with Gasteiger partial charge < -0.3 is 19.5 Å². The molecule has 9 heteroatoms. The van der Waals surface area contributed by atoms with E-state index in [1.807, 2.05) is 26.0 Å². The predicted octanol–water partition coefficient (Wildman–Crippen LogP) is 6.46. The average Bonchev–Trinajstić information content (AvgIpc) is 3.27. The van der Waals surface area contributed by atoms with E-state index in [4.69, 9.17) is 20.9 Å². The van der Waals surface area contributed by atoms with Crippen LogP contribution in [0.25, 0.3) is 11.3 Å². The SMILES string of the molecule is Cc1onc(-c2c(F)cccc2Cl)c1C(=O)OCCCN1CCC(c2cccc(NC(=O)C(C)C)c2)CC1. The van der Waals surface area contributed by atoms with E-state index in [2.05, 4.69) is 27.5 Å².